The van der Waals surface area contributed by atoms with Gasteiger partial charge < -0.3 is 14.8 Å². The zero-order valence-electron chi connectivity index (χ0n) is 19.6. The van der Waals surface area contributed by atoms with Crippen molar-refractivity contribution in [1.29, 1.82) is 0 Å². The second-order valence-corrected chi connectivity index (χ2v) is 9.13. The van der Waals surface area contributed by atoms with Gasteiger partial charge in [0.25, 0.3) is 0 Å². The Morgan fingerprint density at radius 3 is 2.45 bits per heavy atom. The molecule has 2 amide bonds. The number of carbonyl (C=O) groups is 2. The molecule has 0 radical (unpaired) electrons. The Kier molecular flexibility index (Phi) is 8.65. The minimum atomic E-state index is -0.398. The molecule has 3 aromatic rings. The van der Waals surface area contributed by atoms with Crippen molar-refractivity contribution in [3.8, 4) is 0 Å². The Labute approximate surface area is 199 Å². The molecular formula is C25H31N5O2S. The van der Waals surface area contributed by atoms with E-state index in [4.69, 9.17) is 0 Å². The monoisotopic (exact) mass is 465 g/mol. The molecule has 1 aromatic heterocycles. The molecule has 1 unspecified atom stereocenters. The molecule has 33 heavy (non-hydrogen) atoms. The van der Waals surface area contributed by atoms with E-state index in [0.29, 0.717) is 18.1 Å². The first-order valence-corrected chi connectivity index (χ1v) is 12.1. The Bertz CT molecular complexity index is 1080. The highest BCUT2D eigenvalue weighted by molar-refractivity contribution is 8.00. The van der Waals surface area contributed by atoms with Crippen LogP contribution in [0, 0.1) is 0 Å². The average molecular weight is 466 g/mol. The molecule has 2 aromatic carbocycles. The Morgan fingerprint density at radius 2 is 1.76 bits per heavy atom. The van der Waals surface area contributed by atoms with Gasteiger partial charge in [0.05, 0.1) is 11.8 Å². The summed E-state index contributed by atoms with van der Waals surface area (Å²) in [6.45, 7) is 6.62. The molecule has 174 valence electrons. The number of anilines is 1. The minimum absolute atomic E-state index is 0.0124. The number of rotatable bonds is 10. The van der Waals surface area contributed by atoms with E-state index in [1.807, 2.05) is 67.8 Å². The first-order chi connectivity index (χ1) is 15.9. The zero-order valence-corrected chi connectivity index (χ0v) is 20.4. The first kappa shape index (κ1) is 24.5. The van der Waals surface area contributed by atoms with Gasteiger partial charge in [0.1, 0.15) is 5.82 Å². The van der Waals surface area contributed by atoms with Gasteiger partial charge in [-0.05, 0) is 37.5 Å². The second-order valence-electron chi connectivity index (χ2n) is 7.82. The fraction of sp³-hybridized carbons (Fsp3) is 0.360. The maximum absolute atomic E-state index is 12.9. The highest BCUT2D eigenvalue weighted by Gasteiger charge is 2.24. The molecule has 3 rings (SSSR count). The largest absolute Gasteiger partial charge is 0.335 e. The molecule has 8 heteroatoms. The van der Waals surface area contributed by atoms with Crippen LogP contribution >= 0.6 is 11.8 Å². The SMILES string of the molecule is CCc1ccccc1NC(=O)CN(C)C(=O)C(C)Sc1nnc(Cc2ccccc2)n1CC. The lowest BCUT2D eigenvalue weighted by Gasteiger charge is -2.21. The van der Waals surface area contributed by atoms with E-state index in [1.165, 1.54) is 16.7 Å². The molecule has 0 aliphatic rings. The molecule has 1 N–H and O–H groups in total. The van der Waals surface area contributed by atoms with Crippen LogP contribution in [0.3, 0.4) is 0 Å². The number of aryl methyl sites for hydroxylation is 1. The van der Waals surface area contributed by atoms with Gasteiger partial charge in [-0.3, -0.25) is 9.59 Å². The number of nitrogens with zero attached hydrogens (tertiary/aromatic N) is 4. The van der Waals surface area contributed by atoms with Gasteiger partial charge in [0.2, 0.25) is 11.8 Å². The van der Waals surface area contributed by atoms with E-state index in [1.54, 1.807) is 7.05 Å². The summed E-state index contributed by atoms with van der Waals surface area (Å²) in [5, 5.41) is 11.9. The summed E-state index contributed by atoms with van der Waals surface area (Å²) in [6.07, 6.45) is 1.51. The van der Waals surface area contributed by atoms with Crippen LogP contribution in [0.25, 0.3) is 0 Å². The highest BCUT2D eigenvalue weighted by atomic mass is 32.2. The maximum Gasteiger partial charge on any atom is 0.243 e. The van der Waals surface area contributed by atoms with Crippen LogP contribution in [0.15, 0.2) is 59.8 Å². The minimum Gasteiger partial charge on any atom is -0.335 e. The quantitative estimate of drug-likeness (QED) is 0.457. The number of hydrogen-bond donors (Lipinski definition) is 1. The number of likely N-dealkylation sites (N-methyl/N-ethyl adjacent to an activating group) is 1. The van der Waals surface area contributed by atoms with Gasteiger partial charge in [-0.15, -0.1) is 10.2 Å². The van der Waals surface area contributed by atoms with Crippen molar-refractivity contribution >= 4 is 29.3 Å². The molecule has 0 saturated heterocycles. The van der Waals surface area contributed by atoms with Crippen molar-refractivity contribution in [2.45, 2.75) is 50.6 Å². The lowest BCUT2D eigenvalue weighted by Crippen LogP contribution is -2.39. The summed E-state index contributed by atoms with van der Waals surface area (Å²) in [5.41, 5.74) is 3.01. The predicted molar refractivity (Wildman–Crippen MR) is 132 cm³/mol. The Balaban J connectivity index is 1.60. The summed E-state index contributed by atoms with van der Waals surface area (Å²) < 4.78 is 2.04. The molecule has 1 atom stereocenters. The van der Waals surface area contributed by atoms with Crippen molar-refractivity contribution in [3.63, 3.8) is 0 Å². The summed E-state index contributed by atoms with van der Waals surface area (Å²) in [6, 6.07) is 17.8. The third-order valence-electron chi connectivity index (χ3n) is 5.37. The smallest absolute Gasteiger partial charge is 0.243 e. The molecule has 0 spiro atoms. The van der Waals surface area contributed by atoms with Gasteiger partial charge in [0, 0.05) is 25.7 Å². The summed E-state index contributed by atoms with van der Waals surface area (Å²) in [5.74, 6) is 0.521. The number of aromatic nitrogens is 3. The van der Waals surface area contributed by atoms with Crippen LogP contribution in [0.1, 0.15) is 37.7 Å². The highest BCUT2D eigenvalue weighted by Crippen LogP contribution is 2.24. The molecule has 0 aliphatic heterocycles. The van der Waals surface area contributed by atoms with Gasteiger partial charge in [-0.2, -0.15) is 0 Å². The zero-order chi connectivity index (χ0) is 23.8. The number of thioether (sulfide) groups is 1. The fourth-order valence-corrected chi connectivity index (χ4v) is 4.63. The lowest BCUT2D eigenvalue weighted by atomic mass is 10.1. The van der Waals surface area contributed by atoms with E-state index in [2.05, 4.69) is 27.6 Å². The van der Waals surface area contributed by atoms with Crippen molar-refractivity contribution in [2.75, 3.05) is 18.9 Å². The molecular weight excluding hydrogens is 434 g/mol. The van der Waals surface area contributed by atoms with Crippen LogP contribution in [0.2, 0.25) is 0 Å². The van der Waals surface area contributed by atoms with E-state index < -0.39 is 5.25 Å². The number of carbonyl (C=O) groups excluding carboxylic acids is 2. The van der Waals surface area contributed by atoms with Crippen LogP contribution in [-0.2, 0) is 29.0 Å². The van der Waals surface area contributed by atoms with E-state index in [0.717, 1.165) is 29.1 Å². The van der Waals surface area contributed by atoms with Crippen LogP contribution in [-0.4, -0.2) is 50.3 Å². The summed E-state index contributed by atoms with van der Waals surface area (Å²) in [4.78, 5) is 26.9. The van der Waals surface area contributed by atoms with Gasteiger partial charge in [0.15, 0.2) is 5.16 Å². The number of amides is 2. The summed E-state index contributed by atoms with van der Waals surface area (Å²) in [7, 11) is 1.65. The maximum atomic E-state index is 12.9. The van der Waals surface area contributed by atoms with Crippen LogP contribution < -0.4 is 5.32 Å². The van der Waals surface area contributed by atoms with Crippen LogP contribution in [0.4, 0.5) is 5.69 Å². The van der Waals surface area contributed by atoms with Crippen molar-refractivity contribution in [2.24, 2.45) is 0 Å². The Morgan fingerprint density at radius 1 is 1.06 bits per heavy atom. The average Bonchev–Trinajstić information content (AvgIpc) is 3.20. The first-order valence-electron chi connectivity index (χ1n) is 11.2. The number of nitrogens with one attached hydrogen (secondary N) is 1. The second kappa shape index (κ2) is 11.7. The third kappa shape index (κ3) is 6.44. The van der Waals surface area contributed by atoms with Crippen molar-refractivity contribution in [3.05, 3.63) is 71.5 Å². The van der Waals surface area contributed by atoms with Gasteiger partial charge in [-0.1, -0.05) is 67.2 Å². The van der Waals surface area contributed by atoms with Gasteiger partial charge >= 0.3 is 0 Å². The van der Waals surface area contributed by atoms with Crippen LogP contribution in [0.5, 0.6) is 0 Å². The molecule has 0 fully saturated rings. The normalized spacial score (nSPS) is 11.8. The number of hydrogen-bond acceptors (Lipinski definition) is 5. The van der Waals surface area contributed by atoms with Crippen molar-refractivity contribution in [1.82, 2.24) is 19.7 Å². The molecule has 0 saturated carbocycles. The standard InChI is InChI=1S/C25H31N5O2S/c1-5-20-14-10-11-15-21(20)26-23(31)17-29(4)24(32)18(3)33-25-28-27-22(30(25)6-2)16-19-12-8-7-9-13-19/h7-15,18H,5-6,16-17H2,1-4H3,(H,26,31). The predicted octanol–water partition coefficient (Wildman–Crippen LogP) is 4.03. The fourth-order valence-electron chi connectivity index (χ4n) is 3.59. The topological polar surface area (TPSA) is 80.1 Å². The molecule has 7 nitrogen and oxygen atoms in total. The summed E-state index contributed by atoms with van der Waals surface area (Å²) >= 11 is 1.37. The molecule has 1 heterocycles. The Hall–Kier alpha value is -3.13. The van der Waals surface area contributed by atoms with Crippen molar-refractivity contribution < 1.29 is 9.59 Å². The lowest BCUT2D eigenvalue weighted by molar-refractivity contribution is -0.132. The number of benzene rings is 2. The van der Waals surface area contributed by atoms with E-state index in [-0.39, 0.29) is 18.4 Å². The molecule has 0 bridgehead atoms. The van der Waals surface area contributed by atoms with E-state index >= 15 is 0 Å². The van der Waals surface area contributed by atoms with Gasteiger partial charge in [-0.25, -0.2) is 0 Å². The third-order valence-corrected chi connectivity index (χ3v) is 6.44. The molecule has 0 aliphatic carbocycles. The number of para-hydroxylation sites is 1. The van der Waals surface area contributed by atoms with E-state index in [9.17, 15) is 9.59 Å².